The third-order valence-corrected chi connectivity index (χ3v) is 5.34. The second-order valence-corrected chi connectivity index (χ2v) is 7.15. The summed E-state index contributed by atoms with van der Waals surface area (Å²) in [6, 6.07) is 0. The van der Waals surface area contributed by atoms with Crippen LogP contribution in [0.4, 0.5) is 0 Å². The Morgan fingerprint density at radius 2 is 1.88 bits per heavy atom. The fraction of sp³-hybridized carbons (Fsp3) is 0.909. The number of nitrogens with one attached hydrogen (secondary N) is 2. The normalized spacial score (nSPS) is 24.5. The van der Waals surface area contributed by atoms with E-state index in [-0.39, 0.29) is 11.6 Å². The highest BCUT2D eigenvalue weighted by molar-refractivity contribution is 7.89. The van der Waals surface area contributed by atoms with Gasteiger partial charge in [-0.25, -0.2) is 13.1 Å². The lowest BCUT2D eigenvalue weighted by atomic mass is 9.82. The Bertz CT molecular complexity index is 395. The molecule has 2 fully saturated rings. The summed E-state index contributed by atoms with van der Waals surface area (Å²) in [6.45, 7) is 0. The number of rotatable bonds is 5. The predicted octanol–water partition coefficient (Wildman–Crippen LogP) is 0.955. The van der Waals surface area contributed by atoms with Crippen molar-refractivity contribution in [1.29, 1.82) is 5.41 Å². The van der Waals surface area contributed by atoms with Gasteiger partial charge >= 0.3 is 0 Å². The number of hydrogen-bond donors (Lipinski definition) is 3. The van der Waals surface area contributed by atoms with Gasteiger partial charge in [0.05, 0.1) is 11.3 Å². The molecule has 2 aliphatic carbocycles. The van der Waals surface area contributed by atoms with Gasteiger partial charge in [-0.2, -0.15) is 0 Å². The van der Waals surface area contributed by atoms with Crippen LogP contribution in [0.3, 0.4) is 0 Å². The van der Waals surface area contributed by atoms with Gasteiger partial charge in [-0.05, 0) is 31.6 Å². The van der Waals surface area contributed by atoms with Gasteiger partial charge in [0, 0.05) is 0 Å². The summed E-state index contributed by atoms with van der Waals surface area (Å²) < 4.78 is 26.7. The van der Waals surface area contributed by atoms with E-state index < -0.39 is 15.6 Å². The van der Waals surface area contributed by atoms with Crippen LogP contribution in [0.1, 0.15) is 44.9 Å². The molecule has 17 heavy (non-hydrogen) atoms. The molecule has 0 spiro atoms. The highest BCUT2D eigenvalue weighted by Gasteiger charge is 2.40. The van der Waals surface area contributed by atoms with Crippen LogP contribution in [-0.2, 0) is 10.0 Å². The first-order valence-corrected chi connectivity index (χ1v) is 7.95. The molecule has 0 atom stereocenters. The van der Waals surface area contributed by atoms with Crippen molar-refractivity contribution in [3.63, 3.8) is 0 Å². The van der Waals surface area contributed by atoms with Gasteiger partial charge in [0.2, 0.25) is 10.0 Å². The molecule has 0 bridgehead atoms. The van der Waals surface area contributed by atoms with E-state index in [0.29, 0.717) is 18.8 Å². The van der Waals surface area contributed by atoms with E-state index >= 15 is 0 Å². The summed E-state index contributed by atoms with van der Waals surface area (Å²) in [5.41, 5.74) is 4.81. The minimum absolute atomic E-state index is 0.0310. The SMILES string of the molecule is N=C(N)C1(NS(=O)(=O)CC2CC2)CCCCC1. The highest BCUT2D eigenvalue weighted by atomic mass is 32.2. The molecule has 4 N–H and O–H groups in total. The van der Waals surface area contributed by atoms with Gasteiger partial charge in [-0.1, -0.05) is 19.3 Å². The first kappa shape index (κ1) is 12.8. The topological polar surface area (TPSA) is 96.0 Å². The molecule has 2 rings (SSSR count). The van der Waals surface area contributed by atoms with E-state index in [1.807, 2.05) is 0 Å². The summed E-state index contributed by atoms with van der Waals surface area (Å²) in [5, 5.41) is 7.67. The average Bonchev–Trinajstić information content (AvgIpc) is 3.01. The lowest BCUT2D eigenvalue weighted by molar-refractivity contribution is 0.348. The second kappa shape index (κ2) is 4.57. The lowest BCUT2D eigenvalue weighted by Gasteiger charge is -2.36. The van der Waals surface area contributed by atoms with Crippen LogP contribution < -0.4 is 10.5 Å². The molecule has 2 saturated carbocycles. The van der Waals surface area contributed by atoms with Crippen molar-refractivity contribution in [2.45, 2.75) is 50.5 Å². The molecule has 0 heterocycles. The molecule has 0 aliphatic heterocycles. The van der Waals surface area contributed by atoms with Crippen molar-refractivity contribution in [3.05, 3.63) is 0 Å². The third kappa shape index (κ3) is 3.19. The Balaban J connectivity index is 2.08. The summed E-state index contributed by atoms with van der Waals surface area (Å²) in [7, 11) is -3.29. The third-order valence-electron chi connectivity index (χ3n) is 3.73. The van der Waals surface area contributed by atoms with Gasteiger partial charge in [-0.3, -0.25) is 5.41 Å². The Morgan fingerprint density at radius 1 is 1.29 bits per heavy atom. The fourth-order valence-electron chi connectivity index (χ4n) is 2.52. The molecule has 0 aromatic heterocycles. The molecule has 0 aromatic rings. The molecule has 0 aromatic carbocycles. The van der Waals surface area contributed by atoms with Crippen LogP contribution in [0.5, 0.6) is 0 Å². The zero-order valence-electron chi connectivity index (χ0n) is 10.0. The van der Waals surface area contributed by atoms with Crippen molar-refractivity contribution >= 4 is 15.9 Å². The van der Waals surface area contributed by atoms with Gasteiger partial charge in [0.1, 0.15) is 5.84 Å². The van der Waals surface area contributed by atoms with E-state index in [0.717, 1.165) is 32.1 Å². The zero-order valence-corrected chi connectivity index (χ0v) is 10.9. The first-order chi connectivity index (χ1) is 7.94. The fourth-order valence-corrected chi connectivity index (χ4v) is 4.46. The minimum atomic E-state index is -3.29. The van der Waals surface area contributed by atoms with Crippen LogP contribution in [0.2, 0.25) is 0 Å². The van der Waals surface area contributed by atoms with Crippen molar-refractivity contribution in [2.24, 2.45) is 11.7 Å². The molecule has 2 aliphatic rings. The van der Waals surface area contributed by atoms with Gasteiger partial charge in [0.15, 0.2) is 0 Å². The predicted molar refractivity (Wildman–Crippen MR) is 67.4 cm³/mol. The van der Waals surface area contributed by atoms with Crippen LogP contribution >= 0.6 is 0 Å². The first-order valence-electron chi connectivity index (χ1n) is 6.30. The van der Waals surface area contributed by atoms with Crippen LogP contribution in [0.15, 0.2) is 0 Å². The Morgan fingerprint density at radius 3 is 2.35 bits per heavy atom. The Hall–Kier alpha value is -0.620. The summed E-state index contributed by atoms with van der Waals surface area (Å²) >= 11 is 0. The van der Waals surface area contributed by atoms with Crippen molar-refractivity contribution in [1.82, 2.24) is 4.72 Å². The molecule has 98 valence electrons. The van der Waals surface area contributed by atoms with Crippen molar-refractivity contribution < 1.29 is 8.42 Å². The van der Waals surface area contributed by atoms with E-state index in [9.17, 15) is 8.42 Å². The van der Waals surface area contributed by atoms with E-state index in [2.05, 4.69) is 4.72 Å². The maximum absolute atomic E-state index is 12.0. The van der Waals surface area contributed by atoms with Gasteiger partial charge < -0.3 is 5.73 Å². The van der Waals surface area contributed by atoms with Crippen LogP contribution in [0, 0.1) is 11.3 Å². The standard InChI is InChI=1S/C11H21N3O2S/c12-10(13)11(6-2-1-3-7-11)14-17(15,16)8-9-4-5-9/h9,14H,1-8H2,(H3,12,13). The largest absolute Gasteiger partial charge is 0.386 e. The lowest BCUT2D eigenvalue weighted by Crippen LogP contribution is -2.58. The number of hydrogen-bond acceptors (Lipinski definition) is 3. The summed E-state index contributed by atoms with van der Waals surface area (Å²) in [6.07, 6.45) is 6.30. The van der Waals surface area contributed by atoms with Crippen LogP contribution in [0.25, 0.3) is 0 Å². The van der Waals surface area contributed by atoms with E-state index in [4.69, 9.17) is 11.1 Å². The molecule has 6 heteroatoms. The highest BCUT2D eigenvalue weighted by Crippen LogP contribution is 2.32. The quantitative estimate of drug-likeness (QED) is 0.506. The Kier molecular flexibility index (Phi) is 3.45. The molecule has 0 saturated heterocycles. The van der Waals surface area contributed by atoms with E-state index in [1.165, 1.54) is 0 Å². The monoisotopic (exact) mass is 259 g/mol. The minimum Gasteiger partial charge on any atom is -0.386 e. The summed E-state index contributed by atoms with van der Waals surface area (Å²) in [4.78, 5) is 0. The molecule has 0 unspecified atom stereocenters. The number of nitrogens with two attached hydrogens (primary N) is 1. The van der Waals surface area contributed by atoms with Gasteiger partial charge in [-0.15, -0.1) is 0 Å². The smallest absolute Gasteiger partial charge is 0.212 e. The molecule has 0 amide bonds. The van der Waals surface area contributed by atoms with Crippen molar-refractivity contribution in [3.8, 4) is 0 Å². The van der Waals surface area contributed by atoms with Gasteiger partial charge in [0.25, 0.3) is 0 Å². The van der Waals surface area contributed by atoms with Crippen molar-refractivity contribution in [2.75, 3.05) is 5.75 Å². The molecular formula is C11H21N3O2S. The maximum atomic E-state index is 12.0. The molecule has 0 radical (unpaired) electrons. The number of sulfonamides is 1. The number of amidine groups is 1. The second-order valence-electron chi connectivity index (χ2n) is 5.38. The van der Waals surface area contributed by atoms with E-state index in [1.54, 1.807) is 0 Å². The van der Waals surface area contributed by atoms with Crippen LogP contribution in [-0.4, -0.2) is 25.5 Å². The Labute approximate surface area is 103 Å². The summed E-state index contributed by atoms with van der Waals surface area (Å²) in [5.74, 6) is 0.485. The zero-order chi connectivity index (χ0) is 12.5. The molecular weight excluding hydrogens is 238 g/mol. The maximum Gasteiger partial charge on any atom is 0.212 e. The molecule has 5 nitrogen and oxygen atoms in total. The average molecular weight is 259 g/mol.